The third-order valence-corrected chi connectivity index (χ3v) is 2.89. The van der Waals surface area contributed by atoms with E-state index in [1.54, 1.807) is 0 Å². The van der Waals surface area contributed by atoms with E-state index in [2.05, 4.69) is 15.4 Å². The van der Waals surface area contributed by atoms with Crippen LogP contribution >= 0.6 is 0 Å². The molecule has 0 saturated heterocycles. The normalized spacial score (nSPS) is 11.2. The highest BCUT2D eigenvalue weighted by Crippen LogP contribution is 2.30. The quantitative estimate of drug-likeness (QED) is 0.459. The minimum absolute atomic E-state index is 0.00962. The van der Waals surface area contributed by atoms with E-state index in [1.165, 1.54) is 13.8 Å². The summed E-state index contributed by atoms with van der Waals surface area (Å²) in [6.45, 7) is 3.04. The third kappa shape index (κ3) is 4.11. The summed E-state index contributed by atoms with van der Waals surface area (Å²) in [7, 11) is 0. The van der Waals surface area contributed by atoms with E-state index in [9.17, 15) is 22.8 Å². The maximum Gasteiger partial charge on any atom is 0.416 e. The molecule has 0 radical (unpaired) electrons. The maximum atomic E-state index is 12.7. The van der Waals surface area contributed by atoms with Crippen molar-refractivity contribution in [3.05, 3.63) is 23.8 Å². The fraction of sp³-hybridized carbons (Fsp3) is 0.357. The summed E-state index contributed by atoms with van der Waals surface area (Å²) in [5.41, 5.74) is -1.65. The Bertz CT molecular complexity index is 809. The molecular weight excluding hydrogens is 345 g/mol. The standard InChI is InChI=1S/C14H13F3N4O4/c1-3-24-12(22)11(13(23)25-4-2)19-21-10-6-5-8(14(15,16)17)7-9(10)18-20-21/h5-7H,3-4H2,1-2H3. The molecular formula is C14H13F3N4O4. The van der Waals surface area contributed by atoms with Gasteiger partial charge in [-0.05, 0) is 37.3 Å². The Kier molecular flexibility index (Phi) is 5.35. The van der Waals surface area contributed by atoms with Gasteiger partial charge in [-0.25, -0.2) is 9.59 Å². The van der Waals surface area contributed by atoms with E-state index in [0.29, 0.717) is 0 Å². The van der Waals surface area contributed by atoms with Crippen LogP contribution in [0.1, 0.15) is 19.4 Å². The number of carbonyl (C=O) groups excluding carboxylic acids is 2. The highest BCUT2D eigenvalue weighted by atomic mass is 19.4. The lowest BCUT2D eigenvalue weighted by atomic mass is 10.2. The fourth-order valence-corrected chi connectivity index (χ4v) is 1.82. The smallest absolute Gasteiger partial charge is 0.416 e. The lowest BCUT2D eigenvalue weighted by Crippen LogP contribution is -2.29. The largest absolute Gasteiger partial charge is 0.461 e. The lowest BCUT2D eigenvalue weighted by molar-refractivity contribution is -0.141. The number of halogens is 3. The van der Waals surface area contributed by atoms with Crippen molar-refractivity contribution in [3.8, 4) is 0 Å². The zero-order valence-electron chi connectivity index (χ0n) is 13.2. The Morgan fingerprint density at radius 3 is 2.28 bits per heavy atom. The number of carbonyl (C=O) groups is 2. The summed E-state index contributed by atoms with van der Waals surface area (Å²) in [5, 5.41) is 10.8. The molecule has 0 aliphatic rings. The van der Waals surface area contributed by atoms with Gasteiger partial charge in [0.2, 0.25) is 0 Å². The van der Waals surface area contributed by atoms with Crippen LogP contribution in [0.5, 0.6) is 0 Å². The molecule has 1 aromatic heterocycles. The molecule has 1 aromatic carbocycles. The first-order valence-corrected chi connectivity index (χ1v) is 7.13. The molecule has 0 aliphatic carbocycles. The molecule has 0 spiro atoms. The van der Waals surface area contributed by atoms with Crippen molar-refractivity contribution < 1.29 is 32.2 Å². The number of esters is 2. The van der Waals surface area contributed by atoms with Gasteiger partial charge in [0.15, 0.2) is 0 Å². The van der Waals surface area contributed by atoms with Crippen LogP contribution in [0, 0.1) is 0 Å². The Morgan fingerprint density at radius 1 is 1.16 bits per heavy atom. The molecule has 2 rings (SSSR count). The average Bonchev–Trinajstić information content (AvgIpc) is 2.94. The molecule has 0 bridgehead atoms. The van der Waals surface area contributed by atoms with Gasteiger partial charge < -0.3 is 9.47 Å². The van der Waals surface area contributed by atoms with Gasteiger partial charge in [-0.1, -0.05) is 0 Å². The van der Waals surface area contributed by atoms with Crippen molar-refractivity contribution in [2.24, 2.45) is 5.10 Å². The number of aromatic nitrogens is 3. The molecule has 0 fully saturated rings. The molecule has 0 N–H and O–H groups in total. The average molecular weight is 358 g/mol. The van der Waals surface area contributed by atoms with E-state index < -0.39 is 29.4 Å². The molecule has 134 valence electrons. The third-order valence-electron chi connectivity index (χ3n) is 2.89. The van der Waals surface area contributed by atoms with Crippen molar-refractivity contribution in [2.75, 3.05) is 13.2 Å². The number of nitrogens with zero attached hydrogens (tertiary/aromatic N) is 4. The van der Waals surface area contributed by atoms with Crippen LogP contribution in [0.3, 0.4) is 0 Å². The van der Waals surface area contributed by atoms with Crippen molar-refractivity contribution in [3.63, 3.8) is 0 Å². The predicted octanol–water partition coefficient (Wildman–Crippen LogP) is 1.78. The molecule has 0 atom stereocenters. The minimum atomic E-state index is -4.54. The van der Waals surface area contributed by atoms with Gasteiger partial charge in [-0.15, -0.1) is 15.0 Å². The van der Waals surface area contributed by atoms with E-state index in [4.69, 9.17) is 9.47 Å². The van der Waals surface area contributed by atoms with E-state index in [1.807, 2.05) is 0 Å². The second-order valence-corrected chi connectivity index (χ2v) is 4.57. The molecule has 2 aromatic rings. The predicted molar refractivity (Wildman–Crippen MR) is 78.6 cm³/mol. The van der Waals surface area contributed by atoms with Crippen LogP contribution in [0.25, 0.3) is 11.0 Å². The summed E-state index contributed by atoms with van der Waals surface area (Å²) < 4.78 is 47.6. The number of hydrogen-bond acceptors (Lipinski definition) is 7. The van der Waals surface area contributed by atoms with Gasteiger partial charge in [0.05, 0.1) is 18.8 Å². The Morgan fingerprint density at radius 2 is 1.76 bits per heavy atom. The first-order valence-electron chi connectivity index (χ1n) is 7.13. The molecule has 11 heteroatoms. The summed E-state index contributed by atoms with van der Waals surface area (Å²) in [4.78, 5) is 24.4. The number of alkyl halides is 3. The van der Waals surface area contributed by atoms with Crippen molar-refractivity contribution >= 4 is 28.7 Å². The van der Waals surface area contributed by atoms with Crippen molar-refractivity contribution in [1.29, 1.82) is 0 Å². The first kappa shape index (κ1) is 18.4. The number of benzene rings is 1. The Hall–Kier alpha value is -2.98. The Labute approximate surface area is 139 Å². The van der Waals surface area contributed by atoms with Gasteiger partial charge >= 0.3 is 18.1 Å². The highest BCUT2D eigenvalue weighted by molar-refractivity contribution is 6.62. The summed E-state index contributed by atoms with van der Waals surface area (Å²) in [6, 6.07) is 2.67. The van der Waals surface area contributed by atoms with Crippen LogP contribution in [0.2, 0.25) is 0 Å². The summed E-state index contributed by atoms with van der Waals surface area (Å²) >= 11 is 0. The number of ether oxygens (including phenoxy) is 2. The van der Waals surface area contributed by atoms with Gasteiger partial charge in [-0.3, -0.25) is 0 Å². The van der Waals surface area contributed by atoms with Gasteiger partial charge in [-0.2, -0.15) is 13.2 Å². The van der Waals surface area contributed by atoms with Crippen LogP contribution in [0.4, 0.5) is 13.2 Å². The van der Waals surface area contributed by atoms with Crippen LogP contribution < -0.4 is 0 Å². The second kappa shape index (κ2) is 7.28. The molecule has 0 saturated carbocycles. The zero-order valence-corrected chi connectivity index (χ0v) is 13.2. The minimum Gasteiger partial charge on any atom is -0.461 e. The number of fused-ring (bicyclic) bond motifs is 1. The highest BCUT2D eigenvalue weighted by Gasteiger charge is 2.31. The van der Waals surface area contributed by atoms with E-state index in [-0.39, 0.29) is 24.2 Å². The fourth-order valence-electron chi connectivity index (χ4n) is 1.82. The molecule has 0 aliphatic heterocycles. The zero-order chi connectivity index (χ0) is 18.6. The molecule has 25 heavy (non-hydrogen) atoms. The molecule has 1 heterocycles. The molecule has 0 unspecified atom stereocenters. The number of rotatable bonds is 5. The first-order chi connectivity index (χ1) is 11.8. The SMILES string of the molecule is CCOC(=O)C(=Nn1nnc2cc(C(F)(F)F)ccc21)C(=O)OCC. The van der Waals surface area contributed by atoms with Crippen molar-refractivity contribution in [2.45, 2.75) is 20.0 Å². The van der Waals surface area contributed by atoms with Crippen molar-refractivity contribution in [1.82, 2.24) is 15.1 Å². The van der Waals surface area contributed by atoms with Gasteiger partial charge in [0, 0.05) is 0 Å². The second-order valence-electron chi connectivity index (χ2n) is 4.57. The monoisotopic (exact) mass is 358 g/mol. The van der Waals surface area contributed by atoms with Crippen LogP contribution in [-0.4, -0.2) is 46.0 Å². The lowest BCUT2D eigenvalue weighted by Gasteiger charge is -2.06. The molecule has 0 amide bonds. The van der Waals surface area contributed by atoms with Crippen LogP contribution in [-0.2, 0) is 25.2 Å². The van der Waals surface area contributed by atoms with E-state index >= 15 is 0 Å². The summed E-state index contributed by atoms with van der Waals surface area (Å²) in [6.07, 6.45) is -4.54. The van der Waals surface area contributed by atoms with E-state index in [0.717, 1.165) is 23.0 Å². The van der Waals surface area contributed by atoms with Crippen LogP contribution in [0.15, 0.2) is 23.3 Å². The van der Waals surface area contributed by atoms with Gasteiger partial charge in [0.1, 0.15) is 11.0 Å². The topological polar surface area (TPSA) is 95.7 Å². The Balaban J connectivity index is 2.48. The summed E-state index contributed by atoms with van der Waals surface area (Å²) in [5.74, 6) is -2.09. The number of hydrogen-bond donors (Lipinski definition) is 0. The maximum absolute atomic E-state index is 12.7. The van der Waals surface area contributed by atoms with Gasteiger partial charge in [0.25, 0.3) is 5.71 Å². The molecule has 8 nitrogen and oxygen atoms in total.